The van der Waals surface area contributed by atoms with Crippen LogP contribution in [0.4, 0.5) is 0 Å². The molecule has 1 atom stereocenters. The summed E-state index contributed by atoms with van der Waals surface area (Å²) in [5.74, 6) is 0. The van der Waals surface area contributed by atoms with Crippen molar-refractivity contribution in [3.8, 4) is 0 Å². The van der Waals surface area contributed by atoms with Crippen molar-refractivity contribution in [2.75, 3.05) is 6.16 Å². The SMILES string of the molecule is CC[P+](N)=O. The van der Waals surface area contributed by atoms with Crippen LogP contribution in [0, 0.1) is 0 Å². The molecule has 2 nitrogen and oxygen atoms in total. The summed E-state index contributed by atoms with van der Waals surface area (Å²) in [6, 6.07) is 0. The fourth-order valence-electron chi connectivity index (χ4n) is 0. The minimum atomic E-state index is -1.35. The Balaban J connectivity index is 2.85. The predicted octanol–water partition coefficient (Wildman–Crippen LogP) is 0.707. The third-order valence-electron chi connectivity index (χ3n) is 0.312. The van der Waals surface area contributed by atoms with E-state index < -0.39 is 7.95 Å². The minimum absolute atomic E-state index is 0.593. The molecular weight excluding hydrogens is 85.0 g/mol. The minimum Gasteiger partial charge on any atom is -0.122 e. The Kier molecular flexibility index (Phi) is 2.33. The number of hydrogen-bond acceptors (Lipinski definition) is 1. The van der Waals surface area contributed by atoms with Crippen molar-refractivity contribution in [1.82, 2.24) is 0 Å². The van der Waals surface area contributed by atoms with Gasteiger partial charge in [-0.3, -0.25) is 0 Å². The molecule has 0 aromatic rings. The Morgan fingerprint density at radius 2 is 2.20 bits per heavy atom. The lowest BCUT2D eigenvalue weighted by molar-refractivity contribution is 0.589. The second-order valence-corrected chi connectivity index (χ2v) is 2.20. The lowest BCUT2D eigenvalue weighted by Crippen LogP contribution is -1.76. The van der Waals surface area contributed by atoms with Crippen LogP contribution in [0.1, 0.15) is 6.92 Å². The van der Waals surface area contributed by atoms with Crippen molar-refractivity contribution in [1.29, 1.82) is 0 Å². The summed E-state index contributed by atoms with van der Waals surface area (Å²) in [7, 11) is -1.35. The Morgan fingerprint density at radius 3 is 2.20 bits per heavy atom. The second-order valence-electron chi connectivity index (χ2n) is 0.733. The van der Waals surface area contributed by atoms with Crippen molar-refractivity contribution in [2.45, 2.75) is 6.92 Å². The highest BCUT2D eigenvalue weighted by Crippen LogP contribution is 2.02. The topological polar surface area (TPSA) is 43.1 Å². The van der Waals surface area contributed by atoms with E-state index in [1.807, 2.05) is 0 Å². The largest absolute Gasteiger partial charge is 0.429 e. The molecule has 0 spiro atoms. The van der Waals surface area contributed by atoms with Gasteiger partial charge in [0.15, 0.2) is 6.16 Å². The van der Waals surface area contributed by atoms with Crippen LogP contribution < -0.4 is 5.50 Å². The molecule has 0 rings (SSSR count). The summed E-state index contributed by atoms with van der Waals surface area (Å²) < 4.78 is 9.74. The Bertz CT molecular complexity index is 44.9. The van der Waals surface area contributed by atoms with Gasteiger partial charge in [-0.05, 0) is 6.92 Å². The molecule has 5 heavy (non-hydrogen) atoms. The Hall–Kier alpha value is 0.0600. The summed E-state index contributed by atoms with van der Waals surface area (Å²) in [6.45, 7) is 1.79. The molecule has 2 N–H and O–H groups in total. The second kappa shape index (κ2) is 2.31. The van der Waals surface area contributed by atoms with E-state index in [1.54, 1.807) is 6.92 Å². The van der Waals surface area contributed by atoms with Gasteiger partial charge in [-0.15, -0.1) is 5.50 Å². The first-order chi connectivity index (χ1) is 2.27. The van der Waals surface area contributed by atoms with E-state index in [-0.39, 0.29) is 0 Å². The molecule has 0 aromatic heterocycles. The zero-order valence-corrected chi connectivity index (χ0v) is 4.03. The van der Waals surface area contributed by atoms with Crippen LogP contribution in [-0.4, -0.2) is 6.16 Å². The smallest absolute Gasteiger partial charge is 0.122 e. The summed E-state index contributed by atoms with van der Waals surface area (Å²) in [6.07, 6.45) is 0.593. The fourth-order valence-corrected chi connectivity index (χ4v) is 0. The van der Waals surface area contributed by atoms with Gasteiger partial charge in [-0.2, -0.15) is 0 Å². The van der Waals surface area contributed by atoms with E-state index in [0.29, 0.717) is 6.16 Å². The normalized spacial score (nSPS) is 11.2. The van der Waals surface area contributed by atoms with E-state index in [1.165, 1.54) is 0 Å². The van der Waals surface area contributed by atoms with Crippen LogP contribution in [-0.2, 0) is 4.57 Å². The summed E-state index contributed by atoms with van der Waals surface area (Å²) in [4.78, 5) is 0. The van der Waals surface area contributed by atoms with Gasteiger partial charge in [-0.25, -0.2) is 0 Å². The zero-order valence-electron chi connectivity index (χ0n) is 3.14. The van der Waals surface area contributed by atoms with Crippen LogP contribution in [0.15, 0.2) is 0 Å². The monoisotopic (exact) mass is 92.0 g/mol. The molecule has 0 saturated carbocycles. The van der Waals surface area contributed by atoms with Gasteiger partial charge >= 0.3 is 7.95 Å². The molecule has 0 radical (unpaired) electrons. The van der Waals surface area contributed by atoms with E-state index >= 15 is 0 Å². The molecule has 3 heteroatoms. The fraction of sp³-hybridized carbons (Fsp3) is 1.00. The van der Waals surface area contributed by atoms with Crippen LogP contribution in [0.2, 0.25) is 0 Å². The molecule has 0 amide bonds. The van der Waals surface area contributed by atoms with Crippen molar-refractivity contribution in [3.05, 3.63) is 0 Å². The molecular formula is C2H7NOP+. The van der Waals surface area contributed by atoms with Gasteiger partial charge in [-0.1, -0.05) is 4.57 Å². The van der Waals surface area contributed by atoms with Gasteiger partial charge in [0.25, 0.3) is 0 Å². The lowest BCUT2D eigenvalue weighted by atomic mass is 11.0. The Morgan fingerprint density at radius 1 is 2.00 bits per heavy atom. The maximum absolute atomic E-state index is 9.74. The summed E-state index contributed by atoms with van der Waals surface area (Å²) in [5.41, 5.74) is 4.80. The van der Waals surface area contributed by atoms with E-state index in [2.05, 4.69) is 0 Å². The first kappa shape index (κ1) is 5.06. The van der Waals surface area contributed by atoms with Gasteiger partial charge in [0.05, 0.1) is 0 Å². The molecule has 0 saturated heterocycles. The maximum Gasteiger partial charge on any atom is 0.429 e. The van der Waals surface area contributed by atoms with Gasteiger partial charge < -0.3 is 0 Å². The molecule has 0 bridgehead atoms. The molecule has 0 aliphatic heterocycles. The highest BCUT2D eigenvalue weighted by molar-refractivity contribution is 7.41. The first-order valence-corrected chi connectivity index (χ1v) is 2.98. The zero-order chi connectivity index (χ0) is 4.28. The molecule has 1 unspecified atom stereocenters. The van der Waals surface area contributed by atoms with Gasteiger partial charge in [0.2, 0.25) is 0 Å². The molecule has 30 valence electrons. The third-order valence-corrected chi connectivity index (χ3v) is 0.935. The van der Waals surface area contributed by atoms with Crippen LogP contribution in [0.3, 0.4) is 0 Å². The van der Waals surface area contributed by atoms with Crippen molar-refractivity contribution in [3.63, 3.8) is 0 Å². The first-order valence-electron chi connectivity index (χ1n) is 1.46. The van der Waals surface area contributed by atoms with Gasteiger partial charge in [0, 0.05) is 0 Å². The standard InChI is InChI=1S/C2H7NOP/c1-2-5(3)4/h2H2,1H3,(H2,3,4)/q+1. The maximum atomic E-state index is 9.74. The summed E-state index contributed by atoms with van der Waals surface area (Å²) in [5, 5.41) is 0. The molecule has 0 aromatic carbocycles. The average molecular weight is 92.1 g/mol. The average Bonchev–Trinajstić information content (AvgIpc) is 1.38. The third kappa shape index (κ3) is 4.06. The van der Waals surface area contributed by atoms with Crippen molar-refractivity contribution < 1.29 is 4.57 Å². The lowest BCUT2D eigenvalue weighted by Gasteiger charge is -1.55. The number of rotatable bonds is 1. The van der Waals surface area contributed by atoms with Crippen molar-refractivity contribution >= 4 is 7.95 Å². The van der Waals surface area contributed by atoms with Crippen molar-refractivity contribution in [2.24, 2.45) is 5.50 Å². The molecule has 0 fully saturated rings. The van der Waals surface area contributed by atoms with Crippen LogP contribution in [0.5, 0.6) is 0 Å². The molecule has 0 heterocycles. The quantitative estimate of drug-likeness (QED) is 0.484. The Labute approximate surface area is 32.2 Å². The highest BCUT2D eigenvalue weighted by atomic mass is 31.1. The van der Waals surface area contributed by atoms with E-state index in [0.717, 1.165) is 0 Å². The highest BCUT2D eigenvalue weighted by Gasteiger charge is 1.95. The van der Waals surface area contributed by atoms with E-state index in [9.17, 15) is 4.57 Å². The predicted molar refractivity (Wildman–Crippen MR) is 22.3 cm³/mol. The molecule has 0 aliphatic rings. The number of hydrogen-bond donors (Lipinski definition) is 1. The van der Waals surface area contributed by atoms with Crippen LogP contribution >= 0.6 is 7.95 Å². The van der Waals surface area contributed by atoms with Crippen LogP contribution in [0.25, 0.3) is 0 Å². The number of nitrogens with two attached hydrogens (primary N) is 1. The van der Waals surface area contributed by atoms with Gasteiger partial charge in [0.1, 0.15) is 0 Å². The summed E-state index contributed by atoms with van der Waals surface area (Å²) >= 11 is 0. The van der Waals surface area contributed by atoms with E-state index in [4.69, 9.17) is 5.50 Å². The molecule has 0 aliphatic carbocycles.